The highest BCUT2D eigenvalue weighted by atomic mass is 79.9. The van der Waals surface area contributed by atoms with E-state index < -0.39 is 0 Å². The van der Waals surface area contributed by atoms with Gasteiger partial charge in [-0.3, -0.25) is 0 Å². The molecule has 3 aromatic rings. The van der Waals surface area contributed by atoms with Crippen LogP contribution in [0, 0.1) is 0 Å². The summed E-state index contributed by atoms with van der Waals surface area (Å²) in [5.74, 6) is 2.30. The molecule has 2 atom stereocenters. The standard InChI is InChI=1S/C28H29BrN2O2/c1-17(2)19-5-7-21(8-6-19)28-31-26(24-15-22(29)11-14-27(24)33-28)16-25(30-31)20-9-12-23(13-10-20)32-18(3)4/h5-15,17-18,26,28H,16H2,1-4H3/t26-,28-/m0/s1. The molecule has 0 bridgehead atoms. The Morgan fingerprint density at radius 2 is 1.70 bits per heavy atom. The van der Waals surface area contributed by atoms with Crippen LogP contribution in [0.3, 0.4) is 0 Å². The lowest BCUT2D eigenvalue weighted by atomic mass is 9.95. The molecule has 2 aliphatic heterocycles. The summed E-state index contributed by atoms with van der Waals surface area (Å²) >= 11 is 3.63. The van der Waals surface area contributed by atoms with Gasteiger partial charge in [0.1, 0.15) is 11.5 Å². The quantitative estimate of drug-likeness (QED) is 0.358. The van der Waals surface area contributed by atoms with Crippen molar-refractivity contribution in [2.75, 3.05) is 0 Å². The van der Waals surface area contributed by atoms with Gasteiger partial charge in [-0.15, -0.1) is 0 Å². The predicted molar refractivity (Wildman–Crippen MR) is 136 cm³/mol. The smallest absolute Gasteiger partial charge is 0.213 e. The summed E-state index contributed by atoms with van der Waals surface area (Å²) < 4.78 is 13.4. The Kier molecular flexibility index (Phi) is 5.92. The predicted octanol–water partition coefficient (Wildman–Crippen LogP) is 7.60. The lowest BCUT2D eigenvalue weighted by Gasteiger charge is -2.38. The van der Waals surface area contributed by atoms with Gasteiger partial charge in [0.05, 0.1) is 17.9 Å². The molecule has 0 aromatic heterocycles. The first-order valence-corrected chi connectivity index (χ1v) is 12.4. The second-order valence-corrected chi connectivity index (χ2v) is 10.2. The minimum absolute atomic E-state index is 0.127. The highest BCUT2D eigenvalue weighted by Gasteiger charge is 2.41. The third kappa shape index (κ3) is 4.39. The van der Waals surface area contributed by atoms with Crippen LogP contribution in [0.15, 0.2) is 76.3 Å². The molecule has 5 rings (SSSR count). The van der Waals surface area contributed by atoms with Crippen LogP contribution >= 0.6 is 15.9 Å². The molecule has 4 nitrogen and oxygen atoms in total. The van der Waals surface area contributed by atoms with Crippen molar-refractivity contribution in [3.8, 4) is 11.5 Å². The summed E-state index contributed by atoms with van der Waals surface area (Å²) in [6.07, 6.45) is 0.729. The zero-order chi connectivity index (χ0) is 23.1. The van der Waals surface area contributed by atoms with Crippen LogP contribution in [-0.2, 0) is 0 Å². The molecular formula is C28H29BrN2O2. The first kappa shape index (κ1) is 22.0. The molecule has 5 heteroatoms. The van der Waals surface area contributed by atoms with Crippen molar-refractivity contribution in [3.63, 3.8) is 0 Å². The molecule has 0 N–H and O–H groups in total. The molecule has 3 aromatic carbocycles. The Morgan fingerprint density at radius 1 is 0.970 bits per heavy atom. The van der Waals surface area contributed by atoms with E-state index in [1.54, 1.807) is 0 Å². The summed E-state index contributed by atoms with van der Waals surface area (Å²) in [5, 5.41) is 7.22. The van der Waals surface area contributed by atoms with E-state index in [1.165, 1.54) is 5.56 Å². The van der Waals surface area contributed by atoms with Gasteiger partial charge in [0, 0.05) is 22.0 Å². The fourth-order valence-corrected chi connectivity index (χ4v) is 4.87. The van der Waals surface area contributed by atoms with E-state index in [1.807, 2.05) is 32.0 Å². The highest BCUT2D eigenvalue weighted by Crippen LogP contribution is 2.48. The van der Waals surface area contributed by atoms with Gasteiger partial charge in [-0.25, -0.2) is 5.01 Å². The second-order valence-electron chi connectivity index (χ2n) is 9.31. The molecule has 0 spiro atoms. The number of nitrogens with zero attached hydrogens (tertiary/aromatic N) is 2. The van der Waals surface area contributed by atoms with Crippen LogP contribution in [-0.4, -0.2) is 16.8 Å². The van der Waals surface area contributed by atoms with Gasteiger partial charge in [0.25, 0.3) is 0 Å². The van der Waals surface area contributed by atoms with E-state index in [-0.39, 0.29) is 18.4 Å². The summed E-state index contributed by atoms with van der Waals surface area (Å²) in [7, 11) is 0. The van der Waals surface area contributed by atoms with Crippen molar-refractivity contribution < 1.29 is 9.47 Å². The second kappa shape index (κ2) is 8.86. The largest absolute Gasteiger partial charge is 0.491 e. The van der Waals surface area contributed by atoms with Crippen LogP contribution < -0.4 is 9.47 Å². The van der Waals surface area contributed by atoms with Crippen LogP contribution in [0.2, 0.25) is 0 Å². The van der Waals surface area contributed by atoms with Crippen molar-refractivity contribution in [1.29, 1.82) is 0 Å². The van der Waals surface area contributed by atoms with Gasteiger partial charge in [-0.1, -0.05) is 54.0 Å². The van der Waals surface area contributed by atoms with Crippen molar-refractivity contribution >= 4 is 21.6 Å². The van der Waals surface area contributed by atoms with Gasteiger partial charge >= 0.3 is 0 Å². The Hall–Kier alpha value is -2.79. The van der Waals surface area contributed by atoms with E-state index >= 15 is 0 Å². The minimum atomic E-state index is -0.258. The van der Waals surface area contributed by atoms with E-state index in [2.05, 4.69) is 83.3 Å². The first-order valence-electron chi connectivity index (χ1n) is 11.6. The third-order valence-electron chi connectivity index (χ3n) is 6.20. The minimum Gasteiger partial charge on any atom is -0.491 e. The molecule has 0 amide bonds. The summed E-state index contributed by atoms with van der Waals surface area (Å²) in [6.45, 7) is 8.50. The summed E-state index contributed by atoms with van der Waals surface area (Å²) in [5.41, 5.74) is 5.79. The Labute approximate surface area is 204 Å². The van der Waals surface area contributed by atoms with Gasteiger partial charge in [-0.05, 0) is 73.4 Å². The Balaban J connectivity index is 1.50. The van der Waals surface area contributed by atoms with Gasteiger partial charge in [0.15, 0.2) is 0 Å². The van der Waals surface area contributed by atoms with E-state index in [4.69, 9.17) is 14.6 Å². The van der Waals surface area contributed by atoms with Gasteiger partial charge in [0.2, 0.25) is 6.23 Å². The van der Waals surface area contributed by atoms with Gasteiger partial charge < -0.3 is 9.47 Å². The molecule has 0 radical (unpaired) electrons. The molecule has 0 aliphatic carbocycles. The average Bonchev–Trinajstić information content (AvgIpc) is 3.25. The fourth-order valence-electron chi connectivity index (χ4n) is 4.50. The maximum Gasteiger partial charge on any atom is 0.213 e. The molecule has 0 fully saturated rings. The maximum absolute atomic E-state index is 6.51. The Bertz CT molecular complexity index is 1170. The van der Waals surface area contributed by atoms with Crippen molar-refractivity contribution in [2.45, 2.75) is 58.4 Å². The molecule has 0 unspecified atom stereocenters. The molecule has 33 heavy (non-hydrogen) atoms. The van der Waals surface area contributed by atoms with E-state index in [0.717, 1.165) is 44.8 Å². The van der Waals surface area contributed by atoms with Crippen molar-refractivity contribution in [2.24, 2.45) is 5.10 Å². The lowest BCUT2D eigenvalue weighted by Crippen LogP contribution is -2.33. The normalized spacial score (nSPS) is 19.2. The third-order valence-corrected chi connectivity index (χ3v) is 6.69. The van der Waals surface area contributed by atoms with E-state index in [0.29, 0.717) is 5.92 Å². The van der Waals surface area contributed by atoms with Crippen LogP contribution in [0.4, 0.5) is 0 Å². The van der Waals surface area contributed by atoms with Crippen LogP contribution in [0.1, 0.15) is 74.6 Å². The zero-order valence-corrected chi connectivity index (χ0v) is 21.0. The lowest BCUT2D eigenvalue weighted by molar-refractivity contribution is -0.0190. The van der Waals surface area contributed by atoms with Crippen molar-refractivity contribution in [3.05, 3.63) is 93.5 Å². The number of fused-ring (bicyclic) bond motifs is 3. The van der Waals surface area contributed by atoms with Gasteiger partial charge in [-0.2, -0.15) is 5.10 Å². The maximum atomic E-state index is 6.51. The SMILES string of the molecule is CC(C)Oc1ccc(C2=NN3[C@@H](C2)c2cc(Br)ccc2O[C@H]3c2ccc(C(C)C)cc2)cc1. The summed E-state index contributed by atoms with van der Waals surface area (Å²) in [6, 6.07) is 23.4. The number of hydrazone groups is 1. The molecule has 2 aliphatic rings. The molecule has 0 saturated heterocycles. The highest BCUT2D eigenvalue weighted by molar-refractivity contribution is 9.10. The van der Waals surface area contributed by atoms with Crippen molar-refractivity contribution in [1.82, 2.24) is 5.01 Å². The number of hydrogen-bond donors (Lipinski definition) is 0. The summed E-state index contributed by atoms with van der Waals surface area (Å²) in [4.78, 5) is 0. The zero-order valence-electron chi connectivity index (χ0n) is 19.5. The topological polar surface area (TPSA) is 34.1 Å². The van der Waals surface area contributed by atoms with Crippen LogP contribution in [0.25, 0.3) is 0 Å². The fraction of sp³-hybridized carbons (Fsp3) is 0.321. The molecule has 170 valence electrons. The molecule has 0 saturated carbocycles. The van der Waals surface area contributed by atoms with E-state index in [9.17, 15) is 0 Å². The van der Waals surface area contributed by atoms with Crippen LogP contribution in [0.5, 0.6) is 11.5 Å². The Morgan fingerprint density at radius 3 is 2.36 bits per heavy atom. The number of rotatable bonds is 5. The number of ether oxygens (including phenoxy) is 2. The first-order chi connectivity index (χ1) is 15.9. The molecule has 2 heterocycles. The number of halogens is 1. The monoisotopic (exact) mass is 504 g/mol. The molecular weight excluding hydrogens is 476 g/mol. The number of hydrogen-bond acceptors (Lipinski definition) is 4. The number of benzene rings is 3. The average molecular weight is 505 g/mol.